The van der Waals surface area contributed by atoms with E-state index < -0.39 is 0 Å². The SMILES string of the molecule is CC(Nc1ccc(C#N)cn1)c1cn[nH]c1. The van der Waals surface area contributed by atoms with Gasteiger partial charge in [-0.25, -0.2) is 4.98 Å². The molecule has 0 aliphatic rings. The Labute approximate surface area is 93.1 Å². The summed E-state index contributed by atoms with van der Waals surface area (Å²) >= 11 is 0. The highest BCUT2D eigenvalue weighted by molar-refractivity contribution is 5.40. The Morgan fingerprint density at radius 2 is 2.31 bits per heavy atom. The van der Waals surface area contributed by atoms with E-state index in [9.17, 15) is 0 Å². The molecule has 80 valence electrons. The molecule has 0 spiro atoms. The van der Waals surface area contributed by atoms with Gasteiger partial charge in [0.25, 0.3) is 0 Å². The Morgan fingerprint density at radius 3 is 2.88 bits per heavy atom. The van der Waals surface area contributed by atoms with E-state index >= 15 is 0 Å². The van der Waals surface area contributed by atoms with Crippen LogP contribution in [0.3, 0.4) is 0 Å². The molecular weight excluding hydrogens is 202 g/mol. The lowest BCUT2D eigenvalue weighted by Gasteiger charge is -2.12. The van der Waals surface area contributed by atoms with Gasteiger partial charge in [-0.2, -0.15) is 10.4 Å². The molecule has 1 unspecified atom stereocenters. The standard InChI is InChI=1S/C11H11N5/c1-8(10-6-14-15-7-10)16-11-3-2-9(4-12)5-13-11/h2-3,5-8H,1H3,(H,13,16)(H,14,15). The molecule has 1 atom stereocenters. The van der Waals surface area contributed by atoms with Gasteiger partial charge in [-0.15, -0.1) is 0 Å². The molecule has 0 radical (unpaired) electrons. The fraction of sp³-hybridized carbons (Fsp3) is 0.182. The highest BCUT2D eigenvalue weighted by Crippen LogP contribution is 2.16. The predicted molar refractivity (Wildman–Crippen MR) is 59.6 cm³/mol. The van der Waals surface area contributed by atoms with Crippen LogP contribution in [0.1, 0.15) is 24.1 Å². The van der Waals surface area contributed by atoms with Crippen molar-refractivity contribution in [2.45, 2.75) is 13.0 Å². The van der Waals surface area contributed by atoms with E-state index in [1.807, 2.05) is 19.2 Å². The van der Waals surface area contributed by atoms with E-state index in [1.54, 1.807) is 24.5 Å². The number of pyridine rings is 1. The van der Waals surface area contributed by atoms with E-state index in [4.69, 9.17) is 5.26 Å². The predicted octanol–water partition coefficient (Wildman–Crippen LogP) is 1.85. The van der Waals surface area contributed by atoms with E-state index in [2.05, 4.69) is 20.5 Å². The van der Waals surface area contributed by atoms with Crippen molar-refractivity contribution in [1.82, 2.24) is 15.2 Å². The zero-order valence-corrected chi connectivity index (χ0v) is 8.81. The number of nitriles is 1. The lowest BCUT2D eigenvalue weighted by molar-refractivity contribution is 0.875. The zero-order valence-electron chi connectivity index (χ0n) is 8.81. The van der Waals surface area contributed by atoms with E-state index in [1.165, 1.54) is 0 Å². The van der Waals surface area contributed by atoms with Gasteiger partial charge in [0.1, 0.15) is 11.9 Å². The second-order valence-electron chi connectivity index (χ2n) is 3.44. The number of hydrogen-bond acceptors (Lipinski definition) is 4. The van der Waals surface area contributed by atoms with Crippen molar-refractivity contribution < 1.29 is 0 Å². The number of hydrogen-bond donors (Lipinski definition) is 2. The largest absolute Gasteiger partial charge is 0.363 e. The van der Waals surface area contributed by atoms with E-state index in [0.29, 0.717) is 5.56 Å². The van der Waals surface area contributed by atoms with Crippen LogP contribution in [0.5, 0.6) is 0 Å². The summed E-state index contributed by atoms with van der Waals surface area (Å²) in [6, 6.07) is 5.67. The molecule has 2 aromatic rings. The molecule has 2 rings (SSSR count). The van der Waals surface area contributed by atoms with E-state index in [0.717, 1.165) is 11.4 Å². The Bertz CT molecular complexity index is 480. The molecule has 0 bridgehead atoms. The van der Waals surface area contributed by atoms with Crippen molar-refractivity contribution in [3.05, 3.63) is 41.9 Å². The molecule has 2 heterocycles. The molecule has 16 heavy (non-hydrogen) atoms. The number of nitrogens with zero attached hydrogens (tertiary/aromatic N) is 3. The number of nitrogens with one attached hydrogen (secondary N) is 2. The molecular formula is C11H11N5. The maximum Gasteiger partial charge on any atom is 0.126 e. The minimum absolute atomic E-state index is 0.124. The van der Waals surface area contributed by atoms with Gasteiger partial charge in [-0.1, -0.05) is 0 Å². The molecule has 5 heteroatoms. The minimum atomic E-state index is 0.124. The first-order valence-corrected chi connectivity index (χ1v) is 4.91. The Morgan fingerprint density at radius 1 is 1.44 bits per heavy atom. The van der Waals surface area contributed by atoms with Crippen molar-refractivity contribution in [3.8, 4) is 6.07 Å². The number of rotatable bonds is 3. The summed E-state index contributed by atoms with van der Waals surface area (Å²) in [5, 5.41) is 18.5. The van der Waals surface area contributed by atoms with Gasteiger partial charge in [0.15, 0.2) is 0 Å². The van der Waals surface area contributed by atoms with Gasteiger partial charge in [0.2, 0.25) is 0 Å². The first kappa shape index (κ1) is 10.2. The first-order valence-electron chi connectivity index (χ1n) is 4.91. The number of aromatic nitrogens is 3. The van der Waals surface area contributed by atoms with Crippen LogP contribution in [0, 0.1) is 11.3 Å². The fourth-order valence-electron chi connectivity index (χ4n) is 1.35. The third-order valence-corrected chi connectivity index (χ3v) is 2.28. The maximum atomic E-state index is 8.64. The van der Waals surface area contributed by atoms with Crippen molar-refractivity contribution >= 4 is 5.82 Å². The van der Waals surface area contributed by atoms with Crippen molar-refractivity contribution in [2.24, 2.45) is 0 Å². The number of anilines is 1. The van der Waals surface area contributed by atoms with Gasteiger partial charge in [-0.3, -0.25) is 5.10 Å². The minimum Gasteiger partial charge on any atom is -0.363 e. The average Bonchev–Trinajstić information content (AvgIpc) is 2.83. The van der Waals surface area contributed by atoms with Crippen LogP contribution >= 0.6 is 0 Å². The molecule has 0 aliphatic heterocycles. The average molecular weight is 213 g/mol. The van der Waals surface area contributed by atoms with Gasteiger partial charge < -0.3 is 5.32 Å². The molecule has 0 fully saturated rings. The van der Waals surface area contributed by atoms with Gasteiger partial charge in [0.05, 0.1) is 17.8 Å². The summed E-state index contributed by atoms with van der Waals surface area (Å²) in [6.45, 7) is 2.02. The number of aromatic amines is 1. The third-order valence-electron chi connectivity index (χ3n) is 2.28. The Balaban J connectivity index is 2.07. The molecule has 0 saturated heterocycles. The summed E-state index contributed by atoms with van der Waals surface area (Å²) < 4.78 is 0. The summed E-state index contributed by atoms with van der Waals surface area (Å²) in [5.41, 5.74) is 1.62. The first-order chi connectivity index (χ1) is 7.79. The fourth-order valence-corrected chi connectivity index (χ4v) is 1.35. The quantitative estimate of drug-likeness (QED) is 0.815. The van der Waals surface area contributed by atoms with Crippen LogP contribution in [0.4, 0.5) is 5.82 Å². The monoisotopic (exact) mass is 213 g/mol. The van der Waals surface area contributed by atoms with Crippen LogP contribution in [-0.2, 0) is 0 Å². The number of H-pyrrole nitrogens is 1. The Hall–Kier alpha value is -2.35. The van der Waals surface area contributed by atoms with Gasteiger partial charge >= 0.3 is 0 Å². The normalized spacial score (nSPS) is 11.8. The summed E-state index contributed by atoms with van der Waals surface area (Å²) in [6.07, 6.45) is 5.15. The second kappa shape index (κ2) is 4.45. The summed E-state index contributed by atoms with van der Waals surface area (Å²) in [5.74, 6) is 0.743. The molecule has 0 aliphatic carbocycles. The summed E-state index contributed by atoms with van der Waals surface area (Å²) in [7, 11) is 0. The summed E-state index contributed by atoms with van der Waals surface area (Å²) in [4.78, 5) is 4.14. The van der Waals surface area contributed by atoms with Crippen LogP contribution < -0.4 is 5.32 Å². The molecule has 5 nitrogen and oxygen atoms in total. The molecule has 0 aromatic carbocycles. The van der Waals surface area contributed by atoms with Gasteiger partial charge in [0, 0.05) is 18.0 Å². The van der Waals surface area contributed by atoms with Crippen molar-refractivity contribution in [1.29, 1.82) is 5.26 Å². The highest BCUT2D eigenvalue weighted by Gasteiger charge is 2.06. The molecule has 0 amide bonds. The van der Waals surface area contributed by atoms with Crippen molar-refractivity contribution in [3.63, 3.8) is 0 Å². The topological polar surface area (TPSA) is 77.4 Å². The van der Waals surface area contributed by atoms with Crippen molar-refractivity contribution in [2.75, 3.05) is 5.32 Å². The van der Waals surface area contributed by atoms with Crippen LogP contribution in [0.2, 0.25) is 0 Å². The van der Waals surface area contributed by atoms with E-state index in [-0.39, 0.29) is 6.04 Å². The molecule has 2 N–H and O–H groups in total. The third kappa shape index (κ3) is 2.17. The van der Waals surface area contributed by atoms with Crippen LogP contribution in [-0.4, -0.2) is 15.2 Å². The smallest absolute Gasteiger partial charge is 0.126 e. The molecule has 2 aromatic heterocycles. The van der Waals surface area contributed by atoms with Crippen LogP contribution in [0.15, 0.2) is 30.7 Å². The van der Waals surface area contributed by atoms with Crippen LogP contribution in [0.25, 0.3) is 0 Å². The lowest BCUT2D eigenvalue weighted by Crippen LogP contribution is -2.06. The lowest BCUT2D eigenvalue weighted by atomic mass is 10.2. The van der Waals surface area contributed by atoms with Gasteiger partial charge in [-0.05, 0) is 19.1 Å². The highest BCUT2D eigenvalue weighted by atomic mass is 15.1. The zero-order chi connectivity index (χ0) is 11.4. The second-order valence-corrected chi connectivity index (χ2v) is 3.44. The molecule has 0 saturated carbocycles. The Kier molecular flexibility index (Phi) is 2.83. The maximum absolute atomic E-state index is 8.64.